The summed E-state index contributed by atoms with van der Waals surface area (Å²) in [6.07, 6.45) is 5.84. The van der Waals surface area contributed by atoms with Crippen molar-refractivity contribution in [2.24, 2.45) is 7.05 Å². The van der Waals surface area contributed by atoms with Crippen molar-refractivity contribution < 1.29 is 0 Å². The number of nitrogens with zero attached hydrogens (tertiary/aromatic N) is 5. The Hall–Kier alpha value is -2.21. The maximum atomic E-state index is 4.42. The number of hydrogen-bond acceptors (Lipinski definition) is 4. The molecule has 0 spiro atoms. The molecule has 0 bridgehead atoms. The van der Waals surface area contributed by atoms with E-state index in [2.05, 4.69) is 34.3 Å². The van der Waals surface area contributed by atoms with Crippen LogP contribution in [0.3, 0.4) is 0 Å². The summed E-state index contributed by atoms with van der Waals surface area (Å²) in [7, 11) is 1.96. The van der Waals surface area contributed by atoms with Crippen LogP contribution in [0.2, 0.25) is 0 Å². The molecule has 110 valence electrons. The van der Waals surface area contributed by atoms with Gasteiger partial charge in [-0.1, -0.05) is 0 Å². The molecule has 6 nitrogen and oxygen atoms in total. The zero-order valence-electron chi connectivity index (χ0n) is 12.8. The lowest BCUT2D eigenvalue weighted by Gasteiger charge is -2.13. The summed E-state index contributed by atoms with van der Waals surface area (Å²) in [6, 6.07) is 2.22. The number of fused-ring (bicyclic) bond motifs is 1. The van der Waals surface area contributed by atoms with Gasteiger partial charge in [-0.05, 0) is 20.8 Å². The highest BCUT2D eigenvalue weighted by Crippen LogP contribution is 2.16. The molecule has 1 unspecified atom stereocenters. The summed E-state index contributed by atoms with van der Waals surface area (Å²) in [5, 5.41) is 12.2. The first-order valence-electron chi connectivity index (χ1n) is 7.07. The van der Waals surface area contributed by atoms with Gasteiger partial charge in [0.25, 0.3) is 0 Å². The molecule has 3 aromatic heterocycles. The number of aryl methyl sites for hydroxylation is 2. The summed E-state index contributed by atoms with van der Waals surface area (Å²) in [5.41, 5.74) is 5.38. The molecular formula is C15H20N6. The molecule has 21 heavy (non-hydrogen) atoms. The van der Waals surface area contributed by atoms with Crippen LogP contribution in [0.25, 0.3) is 5.65 Å². The van der Waals surface area contributed by atoms with E-state index in [0.717, 1.165) is 23.4 Å². The van der Waals surface area contributed by atoms with Crippen LogP contribution in [0.1, 0.15) is 35.5 Å². The number of aromatic nitrogens is 5. The second-order valence-electron chi connectivity index (χ2n) is 5.46. The molecule has 0 radical (unpaired) electrons. The Labute approximate surface area is 123 Å². The van der Waals surface area contributed by atoms with E-state index in [1.54, 1.807) is 0 Å². The van der Waals surface area contributed by atoms with Gasteiger partial charge in [0.1, 0.15) is 0 Å². The Morgan fingerprint density at radius 3 is 2.81 bits per heavy atom. The molecule has 0 aliphatic rings. The molecule has 0 aromatic carbocycles. The third-order valence-electron chi connectivity index (χ3n) is 3.84. The molecule has 3 aromatic rings. The quantitative estimate of drug-likeness (QED) is 0.795. The SMILES string of the molecule is Cc1cc2ncc(CNC(C)c3cnn(C)c3C)cn2n1. The van der Waals surface area contributed by atoms with Gasteiger partial charge in [0.05, 0.1) is 11.9 Å². The zero-order valence-corrected chi connectivity index (χ0v) is 12.8. The van der Waals surface area contributed by atoms with Gasteiger partial charge >= 0.3 is 0 Å². The van der Waals surface area contributed by atoms with E-state index < -0.39 is 0 Å². The lowest BCUT2D eigenvalue weighted by molar-refractivity contribution is 0.568. The maximum Gasteiger partial charge on any atom is 0.155 e. The third kappa shape index (κ3) is 2.67. The first-order valence-corrected chi connectivity index (χ1v) is 7.07. The average Bonchev–Trinajstić information content (AvgIpc) is 2.98. The van der Waals surface area contributed by atoms with E-state index in [0.29, 0.717) is 0 Å². The van der Waals surface area contributed by atoms with Crippen molar-refractivity contribution in [3.05, 3.63) is 47.2 Å². The van der Waals surface area contributed by atoms with Crippen LogP contribution in [-0.4, -0.2) is 24.4 Å². The summed E-state index contributed by atoms with van der Waals surface area (Å²) >= 11 is 0. The van der Waals surface area contributed by atoms with Crippen molar-refractivity contribution in [2.45, 2.75) is 33.4 Å². The molecule has 0 aliphatic heterocycles. The van der Waals surface area contributed by atoms with Gasteiger partial charge in [0.2, 0.25) is 0 Å². The second-order valence-corrected chi connectivity index (χ2v) is 5.46. The van der Waals surface area contributed by atoms with Gasteiger partial charge in [0, 0.05) is 54.9 Å². The van der Waals surface area contributed by atoms with Gasteiger partial charge in [-0.3, -0.25) is 4.68 Å². The molecular weight excluding hydrogens is 264 g/mol. The molecule has 0 amide bonds. The third-order valence-corrected chi connectivity index (χ3v) is 3.84. The average molecular weight is 284 g/mol. The molecule has 0 saturated carbocycles. The largest absolute Gasteiger partial charge is 0.306 e. The lowest BCUT2D eigenvalue weighted by Crippen LogP contribution is -2.19. The first kappa shape index (κ1) is 13.8. The maximum absolute atomic E-state index is 4.42. The molecule has 6 heteroatoms. The molecule has 0 saturated heterocycles. The lowest BCUT2D eigenvalue weighted by atomic mass is 10.1. The normalized spacial score (nSPS) is 13.0. The van der Waals surface area contributed by atoms with Crippen LogP contribution in [0, 0.1) is 13.8 Å². The topological polar surface area (TPSA) is 60.0 Å². The number of hydrogen-bond donors (Lipinski definition) is 1. The van der Waals surface area contributed by atoms with Gasteiger partial charge < -0.3 is 5.32 Å². The molecule has 3 rings (SSSR count). The van der Waals surface area contributed by atoms with Gasteiger partial charge in [-0.15, -0.1) is 0 Å². The number of nitrogens with one attached hydrogen (secondary N) is 1. The van der Waals surface area contributed by atoms with Crippen LogP contribution >= 0.6 is 0 Å². The van der Waals surface area contributed by atoms with E-state index in [9.17, 15) is 0 Å². The van der Waals surface area contributed by atoms with Gasteiger partial charge in [0.15, 0.2) is 5.65 Å². The van der Waals surface area contributed by atoms with Crippen molar-refractivity contribution >= 4 is 5.65 Å². The predicted octanol–water partition coefficient (Wildman–Crippen LogP) is 1.93. The van der Waals surface area contributed by atoms with Gasteiger partial charge in [-0.25, -0.2) is 9.50 Å². The highest BCUT2D eigenvalue weighted by molar-refractivity contribution is 5.38. The summed E-state index contributed by atoms with van der Waals surface area (Å²) < 4.78 is 3.72. The molecule has 0 aliphatic carbocycles. The molecule has 3 heterocycles. The Morgan fingerprint density at radius 2 is 2.10 bits per heavy atom. The van der Waals surface area contributed by atoms with Crippen molar-refractivity contribution in [1.29, 1.82) is 0 Å². The van der Waals surface area contributed by atoms with Crippen molar-refractivity contribution in [1.82, 2.24) is 29.7 Å². The fourth-order valence-electron chi connectivity index (χ4n) is 2.45. The van der Waals surface area contributed by atoms with Gasteiger partial charge in [-0.2, -0.15) is 10.2 Å². The zero-order chi connectivity index (χ0) is 15.0. The van der Waals surface area contributed by atoms with E-state index >= 15 is 0 Å². The van der Waals surface area contributed by atoms with E-state index in [-0.39, 0.29) is 6.04 Å². The highest BCUT2D eigenvalue weighted by Gasteiger charge is 2.11. The van der Waals surface area contributed by atoms with Crippen molar-refractivity contribution in [3.63, 3.8) is 0 Å². The van der Waals surface area contributed by atoms with Crippen molar-refractivity contribution in [2.75, 3.05) is 0 Å². The van der Waals surface area contributed by atoms with Crippen LogP contribution < -0.4 is 5.32 Å². The van der Waals surface area contributed by atoms with Crippen LogP contribution in [-0.2, 0) is 13.6 Å². The standard InChI is InChI=1S/C15H20N6/c1-10-5-15-17-7-13(9-21(15)19-10)6-16-11(2)14-8-18-20(4)12(14)3/h5,7-9,11,16H,6H2,1-4H3. The minimum atomic E-state index is 0.244. The van der Waals surface area contributed by atoms with Crippen LogP contribution in [0.4, 0.5) is 0 Å². The summed E-state index contributed by atoms with van der Waals surface area (Å²) in [4.78, 5) is 4.42. The number of rotatable bonds is 4. The first-order chi connectivity index (χ1) is 10.0. The minimum Gasteiger partial charge on any atom is -0.306 e. The smallest absolute Gasteiger partial charge is 0.155 e. The Bertz CT molecular complexity index is 770. The highest BCUT2D eigenvalue weighted by atomic mass is 15.3. The monoisotopic (exact) mass is 284 g/mol. The second kappa shape index (κ2) is 5.29. The van der Waals surface area contributed by atoms with E-state index in [1.165, 1.54) is 11.3 Å². The van der Waals surface area contributed by atoms with Crippen molar-refractivity contribution in [3.8, 4) is 0 Å². The van der Waals surface area contributed by atoms with E-state index in [4.69, 9.17) is 0 Å². The van der Waals surface area contributed by atoms with E-state index in [1.807, 2.05) is 47.8 Å². The summed E-state index contributed by atoms with van der Waals surface area (Å²) in [5.74, 6) is 0. The molecule has 1 atom stereocenters. The predicted molar refractivity (Wildman–Crippen MR) is 80.9 cm³/mol. The van der Waals surface area contributed by atoms with Crippen LogP contribution in [0.15, 0.2) is 24.7 Å². The fourth-order valence-corrected chi connectivity index (χ4v) is 2.45. The van der Waals surface area contributed by atoms with Crippen LogP contribution in [0.5, 0.6) is 0 Å². The molecule has 1 N–H and O–H groups in total. The Kier molecular flexibility index (Phi) is 3.47. The molecule has 0 fully saturated rings. The summed E-state index contributed by atoms with van der Waals surface area (Å²) in [6.45, 7) is 6.95. The minimum absolute atomic E-state index is 0.244. The fraction of sp³-hybridized carbons (Fsp3) is 0.400. The Balaban J connectivity index is 1.72. The Morgan fingerprint density at radius 1 is 1.29 bits per heavy atom.